The van der Waals surface area contributed by atoms with Gasteiger partial charge in [0.1, 0.15) is 17.2 Å². The summed E-state index contributed by atoms with van der Waals surface area (Å²) in [7, 11) is -7.12. The summed E-state index contributed by atoms with van der Waals surface area (Å²) in [6.45, 7) is 2.96. The predicted octanol–water partition coefficient (Wildman–Crippen LogP) is 2.58. The number of nitrogens with one attached hydrogen (secondary N) is 1. The van der Waals surface area contributed by atoms with Crippen molar-refractivity contribution >= 4 is 20.0 Å². The van der Waals surface area contributed by atoms with Crippen LogP contribution in [0.25, 0.3) is 0 Å². The maximum Gasteiger partial charge on any atom is 0.243 e. The molecule has 164 valence electrons. The molecule has 3 rings (SSSR count). The molecular weight excluding hydrogens is 428 g/mol. The van der Waals surface area contributed by atoms with Crippen molar-refractivity contribution in [2.75, 3.05) is 26.0 Å². The molecule has 1 aliphatic heterocycles. The zero-order chi connectivity index (χ0) is 21.8. The molecule has 1 fully saturated rings. The quantitative estimate of drug-likeness (QED) is 0.658. The van der Waals surface area contributed by atoms with Crippen LogP contribution in [0.5, 0.6) is 17.2 Å². The zero-order valence-corrected chi connectivity index (χ0v) is 18.6. The molecule has 0 saturated carbocycles. The Bertz CT molecular complexity index is 1050. The van der Waals surface area contributed by atoms with Crippen LogP contribution >= 0.6 is 0 Å². The first kappa shape index (κ1) is 22.5. The van der Waals surface area contributed by atoms with E-state index in [4.69, 9.17) is 9.47 Å². The molecule has 30 heavy (non-hydrogen) atoms. The Kier molecular flexibility index (Phi) is 7.02. The van der Waals surface area contributed by atoms with Crippen LogP contribution in [0.3, 0.4) is 0 Å². The summed E-state index contributed by atoms with van der Waals surface area (Å²) in [5.41, 5.74) is 0. The van der Waals surface area contributed by atoms with Crippen LogP contribution < -0.4 is 14.2 Å². The minimum absolute atomic E-state index is 0.111. The van der Waals surface area contributed by atoms with Gasteiger partial charge >= 0.3 is 0 Å². The Morgan fingerprint density at radius 3 is 2.10 bits per heavy atom. The number of sulfonamides is 2. The lowest BCUT2D eigenvalue weighted by Gasteiger charge is -2.31. The van der Waals surface area contributed by atoms with Crippen LogP contribution in [-0.4, -0.2) is 53.1 Å². The summed E-state index contributed by atoms with van der Waals surface area (Å²) < 4.78 is 63.8. The van der Waals surface area contributed by atoms with Crippen LogP contribution in [0, 0.1) is 0 Å². The first-order valence-corrected chi connectivity index (χ1v) is 13.0. The molecule has 1 saturated heterocycles. The third-order valence-electron chi connectivity index (χ3n) is 4.60. The Morgan fingerprint density at radius 1 is 0.967 bits per heavy atom. The van der Waals surface area contributed by atoms with Gasteiger partial charge in [-0.15, -0.1) is 0 Å². The molecule has 2 aromatic carbocycles. The topological polar surface area (TPSA) is 102 Å². The second-order valence-electron chi connectivity index (χ2n) is 7.07. The Morgan fingerprint density at radius 2 is 1.53 bits per heavy atom. The summed E-state index contributed by atoms with van der Waals surface area (Å²) in [6.07, 6.45) is 2.27. The van der Waals surface area contributed by atoms with E-state index in [0.29, 0.717) is 37.5 Å². The van der Waals surface area contributed by atoms with Crippen molar-refractivity contribution in [3.63, 3.8) is 0 Å². The number of rotatable bonds is 8. The van der Waals surface area contributed by atoms with E-state index in [9.17, 15) is 16.8 Å². The Hall–Kier alpha value is -2.14. The highest BCUT2D eigenvalue weighted by molar-refractivity contribution is 7.89. The van der Waals surface area contributed by atoms with Crippen LogP contribution in [0.2, 0.25) is 0 Å². The minimum Gasteiger partial charge on any atom is -0.494 e. The van der Waals surface area contributed by atoms with Crippen molar-refractivity contribution in [1.82, 2.24) is 9.03 Å². The van der Waals surface area contributed by atoms with Crippen LogP contribution in [0.4, 0.5) is 0 Å². The van der Waals surface area contributed by atoms with Gasteiger partial charge < -0.3 is 9.47 Å². The fourth-order valence-electron chi connectivity index (χ4n) is 3.30. The normalized spacial score (nSPS) is 18.1. The first-order valence-electron chi connectivity index (χ1n) is 9.65. The van der Waals surface area contributed by atoms with Crippen molar-refractivity contribution in [2.24, 2.45) is 0 Å². The number of hydrogen-bond donors (Lipinski definition) is 1. The van der Waals surface area contributed by atoms with Gasteiger partial charge in [0.05, 0.1) is 17.8 Å². The Balaban J connectivity index is 1.68. The standard InChI is InChI=1S/C20H26N2O6S2/c1-3-27-17-6-8-18(9-7-17)28-19-10-12-20(13-11-19)30(25,26)22-14-4-5-16(15-22)21-29(2,23)24/h6-13,16,21H,3-5,14-15H2,1-2H3. The lowest BCUT2D eigenvalue weighted by Crippen LogP contribution is -2.49. The molecule has 0 amide bonds. The molecule has 1 aliphatic rings. The van der Waals surface area contributed by atoms with Crippen molar-refractivity contribution in [1.29, 1.82) is 0 Å². The number of benzene rings is 2. The van der Waals surface area contributed by atoms with Gasteiger partial charge in [0.2, 0.25) is 20.0 Å². The lowest BCUT2D eigenvalue weighted by atomic mass is 10.1. The molecule has 8 nitrogen and oxygen atoms in total. The molecule has 10 heteroatoms. The molecule has 1 atom stereocenters. The summed E-state index contributed by atoms with van der Waals surface area (Å²) in [4.78, 5) is 0.140. The number of nitrogens with zero attached hydrogens (tertiary/aromatic N) is 1. The fraction of sp³-hybridized carbons (Fsp3) is 0.400. The highest BCUT2D eigenvalue weighted by Gasteiger charge is 2.31. The Labute approximate surface area is 177 Å². The van der Waals surface area contributed by atoms with E-state index in [0.717, 1.165) is 12.0 Å². The van der Waals surface area contributed by atoms with E-state index in [1.165, 1.54) is 16.4 Å². The van der Waals surface area contributed by atoms with Gasteiger partial charge in [0.25, 0.3) is 0 Å². The van der Waals surface area contributed by atoms with Crippen molar-refractivity contribution in [3.05, 3.63) is 48.5 Å². The van der Waals surface area contributed by atoms with E-state index in [2.05, 4.69) is 4.72 Å². The molecule has 2 aromatic rings. The molecule has 1 heterocycles. The van der Waals surface area contributed by atoms with Gasteiger partial charge in [-0.2, -0.15) is 4.31 Å². The van der Waals surface area contributed by atoms with Crippen molar-refractivity contribution < 1.29 is 26.3 Å². The second-order valence-corrected chi connectivity index (χ2v) is 10.8. The molecule has 1 N–H and O–H groups in total. The molecule has 0 radical (unpaired) electrons. The third kappa shape index (κ3) is 5.94. The van der Waals surface area contributed by atoms with Crippen LogP contribution in [-0.2, 0) is 20.0 Å². The highest BCUT2D eigenvalue weighted by Crippen LogP contribution is 2.27. The lowest BCUT2D eigenvalue weighted by molar-refractivity contribution is 0.303. The summed E-state index contributed by atoms with van der Waals surface area (Å²) in [5, 5.41) is 0. The maximum absolute atomic E-state index is 13.0. The summed E-state index contributed by atoms with van der Waals surface area (Å²) in [5.74, 6) is 1.87. The average molecular weight is 455 g/mol. The van der Waals surface area contributed by atoms with Crippen molar-refractivity contribution in [2.45, 2.75) is 30.7 Å². The van der Waals surface area contributed by atoms with E-state index < -0.39 is 26.1 Å². The second kappa shape index (κ2) is 9.34. The van der Waals surface area contributed by atoms with Crippen LogP contribution in [0.1, 0.15) is 19.8 Å². The molecular formula is C20H26N2O6S2. The van der Waals surface area contributed by atoms with E-state index in [1.54, 1.807) is 36.4 Å². The molecule has 0 aliphatic carbocycles. The minimum atomic E-state index is -3.73. The summed E-state index contributed by atoms with van der Waals surface area (Å²) in [6, 6.07) is 12.9. The first-order chi connectivity index (χ1) is 14.2. The largest absolute Gasteiger partial charge is 0.494 e. The summed E-state index contributed by atoms with van der Waals surface area (Å²) >= 11 is 0. The maximum atomic E-state index is 13.0. The zero-order valence-electron chi connectivity index (χ0n) is 16.9. The average Bonchev–Trinajstić information content (AvgIpc) is 2.69. The van der Waals surface area contributed by atoms with Gasteiger partial charge in [0.15, 0.2) is 0 Å². The highest BCUT2D eigenvalue weighted by atomic mass is 32.2. The SMILES string of the molecule is CCOc1ccc(Oc2ccc(S(=O)(=O)N3CCCC(NS(C)(=O)=O)C3)cc2)cc1. The van der Waals surface area contributed by atoms with Gasteiger partial charge in [-0.25, -0.2) is 21.6 Å². The molecule has 0 bridgehead atoms. The van der Waals surface area contributed by atoms with Gasteiger partial charge in [0, 0.05) is 19.1 Å². The molecule has 1 unspecified atom stereocenters. The predicted molar refractivity (Wildman–Crippen MR) is 114 cm³/mol. The third-order valence-corrected chi connectivity index (χ3v) is 7.24. The monoisotopic (exact) mass is 454 g/mol. The fourth-order valence-corrected chi connectivity index (χ4v) is 5.62. The van der Waals surface area contributed by atoms with E-state index in [-0.39, 0.29) is 11.4 Å². The molecule has 0 spiro atoms. The van der Waals surface area contributed by atoms with Crippen molar-refractivity contribution in [3.8, 4) is 17.2 Å². The van der Waals surface area contributed by atoms with Gasteiger partial charge in [-0.3, -0.25) is 0 Å². The number of ether oxygens (including phenoxy) is 2. The number of piperidine rings is 1. The van der Waals surface area contributed by atoms with Gasteiger partial charge in [-0.05, 0) is 68.3 Å². The smallest absolute Gasteiger partial charge is 0.243 e. The van der Waals surface area contributed by atoms with E-state index in [1.807, 2.05) is 6.92 Å². The number of hydrogen-bond acceptors (Lipinski definition) is 6. The molecule has 0 aromatic heterocycles. The van der Waals surface area contributed by atoms with Crippen LogP contribution in [0.15, 0.2) is 53.4 Å². The van der Waals surface area contributed by atoms with E-state index >= 15 is 0 Å². The van der Waals surface area contributed by atoms with Gasteiger partial charge in [-0.1, -0.05) is 0 Å².